The molecule has 1 heterocycles. The van der Waals surface area contributed by atoms with Crippen LogP contribution in [0.1, 0.15) is 32.0 Å². The first-order chi connectivity index (χ1) is 10.2. The predicted octanol–water partition coefficient (Wildman–Crippen LogP) is 3.58. The summed E-state index contributed by atoms with van der Waals surface area (Å²) in [5.74, 6) is 1.94. The molecular weight excluding hydrogens is 262 g/mol. The van der Waals surface area contributed by atoms with Crippen LogP contribution in [0.25, 0.3) is 0 Å². The molecule has 1 N–H and O–H groups in total. The van der Waals surface area contributed by atoms with Crippen molar-refractivity contribution in [3.05, 3.63) is 47.7 Å². The highest BCUT2D eigenvalue weighted by Gasteiger charge is 2.01. The van der Waals surface area contributed by atoms with E-state index in [1.165, 1.54) is 5.56 Å². The van der Waals surface area contributed by atoms with E-state index in [-0.39, 0.29) is 0 Å². The summed E-state index contributed by atoms with van der Waals surface area (Å²) in [6.45, 7) is 8.20. The van der Waals surface area contributed by atoms with Crippen LogP contribution in [0.5, 0.6) is 11.6 Å². The van der Waals surface area contributed by atoms with E-state index < -0.39 is 0 Å². The summed E-state index contributed by atoms with van der Waals surface area (Å²) in [5, 5.41) is 11.6. The molecule has 0 bridgehead atoms. The maximum absolute atomic E-state index is 5.68. The van der Waals surface area contributed by atoms with Gasteiger partial charge in [0.1, 0.15) is 5.75 Å². The molecule has 0 saturated heterocycles. The van der Waals surface area contributed by atoms with Crippen molar-refractivity contribution in [3.63, 3.8) is 0 Å². The molecule has 0 saturated carbocycles. The van der Waals surface area contributed by atoms with Gasteiger partial charge < -0.3 is 10.1 Å². The normalized spacial score (nSPS) is 10.9. The number of nitrogens with one attached hydrogen (secondary N) is 1. The van der Waals surface area contributed by atoms with Crippen molar-refractivity contribution in [1.82, 2.24) is 15.5 Å². The lowest BCUT2D eigenvalue weighted by Gasteiger charge is -2.07. The fraction of sp³-hybridized carbons (Fsp3) is 0.412. The molecule has 0 aliphatic rings. The lowest BCUT2D eigenvalue weighted by Crippen LogP contribution is -2.19. The summed E-state index contributed by atoms with van der Waals surface area (Å²) >= 11 is 0. The van der Waals surface area contributed by atoms with Crippen molar-refractivity contribution in [3.8, 4) is 11.6 Å². The van der Waals surface area contributed by atoms with Crippen molar-refractivity contribution in [2.24, 2.45) is 5.92 Å². The Balaban J connectivity index is 1.89. The van der Waals surface area contributed by atoms with Crippen molar-refractivity contribution in [2.45, 2.75) is 33.7 Å². The van der Waals surface area contributed by atoms with Gasteiger partial charge in [-0.2, -0.15) is 5.10 Å². The van der Waals surface area contributed by atoms with Crippen LogP contribution in [-0.4, -0.2) is 16.7 Å². The largest absolute Gasteiger partial charge is 0.438 e. The fourth-order valence-electron chi connectivity index (χ4n) is 1.90. The summed E-state index contributed by atoms with van der Waals surface area (Å²) in [4.78, 5) is 0. The minimum Gasteiger partial charge on any atom is -0.438 e. The summed E-state index contributed by atoms with van der Waals surface area (Å²) < 4.78 is 5.68. The van der Waals surface area contributed by atoms with Gasteiger partial charge in [0, 0.05) is 12.6 Å². The first kappa shape index (κ1) is 15.4. The lowest BCUT2D eigenvalue weighted by atomic mass is 10.2. The Bertz CT molecular complexity index is 535. The van der Waals surface area contributed by atoms with E-state index in [0.717, 1.165) is 31.0 Å². The quantitative estimate of drug-likeness (QED) is 0.844. The minimum atomic E-state index is 0.520. The van der Waals surface area contributed by atoms with Crippen LogP contribution in [0.15, 0.2) is 36.4 Å². The van der Waals surface area contributed by atoms with Crippen molar-refractivity contribution >= 4 is 0 Å². The average molecular weight is 285 g/mol. The molecule has 1 aromatic heterocycles. The number of aryl methyl sites for hydroxylation is 1. The molecule has 21 heavy (non-hydrogen) atoms. The van der Waals surface area contributed by atoms with Crippen molar-refractivity contribution in [1.29, 1.82) is 0 Å². The van der Waals surface area contributed by atoms with Crippen LogP contribution >= 0.6 is 0 Å². The van der Waals surface area contributed by atoms with Crippen molar-refractivity contribution < 1.29 is 4.74 Å². The van der Waals surface area contributed by atoms with E-state index in [2.05, 4.69) is 48.4 Å². The predicted molar refractivity (Wildman–Crippen MR) is 84.5 cm³/mol. The van der Waals surface area contributed by atoms with Crippen LogP contribution in [0, 0.1) is 5.92 Å². The van der Waals surface area contributed by atoms with Gasteiger partial charge in [-0.25, -0.2) is 0 Å². The zero-order valence-electron chi connectivity index (χ0n) is 13.0. The number of nitrogens with zero attached hydrogens (tertiary/aromatic N) is 2. The molecule has 112 valence electrons. The van der Waals surface area contributed by atoms with Crippen LogP contribution in [0.3, 0.4) is 0 Å². The number of hydrogen-bond donors (Lipinski definition) is 1. The van der Waals surface area contributed by atoms with Gasteiger partial charge >= 0.3 is 0 Å². The number of aromatic nitrogens is 2. The Morgan fingerprint density at radius 3 is 2.38 bits per heavy atom. The van der Waals surface area contributed by atoms with Gasteiger partial charge in [0.05, 0.1) is 5.69 Å². The molecule has 2 aromatic rings. The highest BCUT2D eigenvalue weighted by Crippen LogP contribution is 2.19. The van der Waals surface area contributed by atoms with E-state index in [1.807, 2.05) is 24.3 Å². The number of hydrogen-bond acceptors (Lipinski definition) is 4. The molecule has 0 radical (unpaired) electrons. The third-order valence-corrected chi connectivity index (χ3v) is 3.11. The highest BCUT2D eigenvalue weighted by molar-refractivity contribution is 5.30. The molecule has 0 spiro atoms. The van der Waals surface area contributed by atoms with Crippen LogP contribution in [0.2, 0.25) is 0 Å². The van der Waals surface area contributed by atoms with Crippen molar-refractivity contribution in [2.75, 3.05) is 6.54 Å². The highest BCUT2D eigenvalue weighted by atomic mass is 16.5. The molecule has 0 aliphatic heterocycles. The lowest BCUT2D eigenvalue weighted by molar-refractivity contribution is 0.452. The first-order valence-corrected chi connectivity index (χ1v) is 7.47. The zero-order chi connectivity index (χ0) is 15.1. The van der Waals surface area contributed by atoms with E-state index in [1.54, 1.807) is 0 Å². The van der Waals surface area contributed by atoms with Gasteiger partial charge in [0.2, 0.25) is 5.88 Å². The first-order valence-electron chi connectivity index (χ1n) is 7.47. The molecular formula is C17H23N3O. The van der Waals surface area contributed by atoms with Gasteiger partial charge in [-0.15, -0.1) is 5.10 Å². The molecule has 4 heteroatoms. The van der Waals surface area contributed by atoms with Gasteiger partial charge in [0.15, 0.2) is 0 Å². The molecule has 0 aliphatic carbocycles. The standard InChI is InChI=1S/C17H23N3O/c1-4-14-5-8-16(9-6-14)21-17-10-7-15(19-20-17)12-18-11-13(2)3/h5-10,13,18H,4,11-12H2,1-3H3. The third-order valence-electron chi connectivity index (χ3n) is 3.11. The average Bonchev–Trinajstić information content (AvgIpc) is 2.49. The molecule has 2 rings (SSSR count). The zero-order valence-corrected chi connectivity index (χ0v) is 13.0. The summed E-state index contributed by atoms with van der Waals surface area (Å²) in [7, 11) is 0. The maximum Gasteiger partial charge on any atom is 0.238 e. The topological polar surface area (TPSA) is 47.0 Å². The summed E-state index contributed by atoms with van der Waals surface area (Å²) in [6.07, 6.45) is 1.03. The van der Waals surface area contributed by atoms with Crippen LogP contribution in [0.4, 0.5) is 0 Å². The second-order valence-corrected chi connectivity index (χ2v) is 5.49. The SMILES string of the molecule is CCc1ccc(Oc2ccc(CNCC(C)C)nn2)cc1. The Morgan fingerprint density at radius 1 is 1.05 bits per heavy atom. The van der Waals surface area contributed by atoms with E-state index in [4.69, 9.17) is 4.74 Å². The summed E-state index contributed by atoms with van der Waals surface area (Å²) in [5.41, 5.74) is 2.21. The van der Waals surface area contributed by atoms with E-state index >= 15 is 0 Å². The van der Waals surface area contributed by atoms with Gasteiger partial charge in [-0.05, 0) is 42.6 Å². The smallest absolute Gasteiger partial charge is 0.238 e. The third kappa shape index (κ3) is 5.16. The van der Waals surface area contributed by atoms with E-state index in [0.29, 0.717) is 11.8 Å². The van der Waals surface area contributed by atoms with Crippen LogP contribution in [-0.2, 0) is 13.0 Å². The Hall–Kier alpha value is -1.94. The monoisotopic (exact) mass is 285 g/mol. The Labute approximate surface area is 126 Å². The molecule has 0 unspecified atom stereocenters. The van der Waals surface area contributed by atoms with Gasteiger partial charge in [0.25, 0.3) is 0 Å². The second-order valence-electron chi connectivity index (χ2n) is 5.49. The fourth-order valence-corrected chi connectivity index (χ4v) is 1.90. The van der Waals surface area contributed by atoms with Gasteiger partial charge in [-0.1, -0.05) is 32.9 Å². The molecule has 4 nitrogen and oxygen atoms in total. The van der Waals surface area contributed by atoms with Crippen LogP contribution < -0.4 is 10.1 Å². The molecule has 0 atom stereocenters. The Kier molecular flexibility index (Phi) is 5.69. The second kappa shape index (κ2) is 7.74. The molecule has 1 aromatic carbocycles. The minimum absolute atomic E-state index is 0.520. The van der Waals surface area contributed by atoms with Gasteiger partial charge in [-0.3, -0.25) is 0 Å². The number of ether oxygens (including phenoxy) is 1. The molecule has 0 fully saturated rings. The summed E-state index contributed by atoms with van der Waals surface area (Å²) in [6, 6.07) is 11.8. The Morgan fingerprint density at radius 2 is 1.81 bits per heavy atom. The molecule has 0 amide bonds. The number of benzene rings is 1. The maximum atomic E-state index is 5.68. The van der Waals surface area contributed by atoms with E-state index in [9.17, 15) is 0 Å². The number of rotatable bonds is 7.